The quantitative estimate of drug-likeness (QED) is 0.168. The molecule has 6 heteroatoms. The molecule has 2 atom stereocenters. The van der Waals surface area contributed by atoms with Crippen LogP contribution in [0.3, 0.4) is 0 Å². The standard InChI is InChI=1S/C34H29N4.C6H6S.Pt/c1-32(2)25-18-19-33(32,3)31-29(25)30(37-38-31)26-15-10-17-28(36-26)34(27-16-8-9-20-35-27)23-13-6-4-11-21(23)22-12-5-7-14-24(22)34;7-6-4-2-1-3-5-6;/h4-17,20,25H,18-19H2,1-3H3;1-5,7H;/q-1;;+2/p-1. The molecular weight excluding hydrogens is 764 g/mol. The van der Waals surface area contributed by atoms with Crippen LogP contribution in [0.15, 0.2) is 126 Å². The molecule has 1 fully saturated rings. The Balaban J connectivity index is 0.000000377. The summed E-state index contributed by atoms with van der Waals surface area (Å²) >= 11 is 4.81. The predicted molar refractivity (Wildman–Crippen MR) is 181 cm³/mol. The summed E-state index contributed by atoms with van der Waals surface area (Å²) in [6.07, 6.45) is 4.26. The van der Waals surface area contributed by atoms with Gasteiger partial charge in [0.05, 0.1) is 17.1 Å². The van der Waals surface area contributed by atoms with E-state index in [1.165, 1.54) is 46.4 Å². The minimum absolute atomic E-state index is 0. The van der Waals surface area contributed by atoms with Gasteiger partial charge in [0.1, 0.15) is 5.41 Å². The number of nitrogens with zero attached hydrogens (tertiary/aromatic N) is 4. The molecule has 0 amide bonds. The summed E-state index contributed by atoms with van der Waals surface area (Å²) in [4.78, 5) is 11.3. The molecule has 0 spiro atoms. The Hall–Kier alpha value is -3.92. The van der Waals surface area contributed by atoms with Gasteiger partial charge in [0.15, 0.2) is 0 Å². The Labute approximate surface area is 290 Å². The summed E-state index contributed by atoms with van der Waals surface area (Å²) in [5, 5.41) is 9.58. The third kappa shape index (κ3) is 4.24. The van der Waals surface area contributed by atoms with Crippen LogP contribution in [0, 0.1) is 5.41 Å². The Kier molecular flexibility index (Phi) is 7.61. The molecule has 4 nitrogen and oxygen atoms in total. The van der Waals surface area contributed by atoms with Crippen molar-refractivity contribution in [2.24, 2.45) is 5.41 Å². The predicted octanol–water partition coefficient (Wildman–Crippen LogP) is 8.62. The minimum atomic E-state index is -0.613. The summed E-state index contributed by atoms with van der Waals surface area (Å²) < 4.78 is 0. The van der Waals surface area contributed by atoms with Crippen molar-refractivity contribution < 1.29 is 21.1 Å². The molecule has 230 valence electrons. The van der Waals surface area contributed by atoms with Crippen molar-refractivity contribution in [3.8, 4) is 22.5 Å². The molecule has 3 heterocycles. The zero-order chi connectivity index (χ0) is 30.8. The van der Waals surface area contributed by atoms with Crippen LogP contribution in [0.1, 0.15) is 73.3 Å². The number of benzene rings is 3. The fourth-order valence-electron chi connectivity index (χ4n) is 8.37. The van der Waals surface area contributed by atoms with E-state index in [9.17, 15) is 0 Å². The maximum absolute atomic E-state index is 5.43. The first-order valence-corrected chi connectivity index (χ1v) is 16.1. The monoisotopic (exact) mass is 797 g/mol. The molecule has 2 bridgehead atoms. The first-order valence-electron chi connectivity index (χ1n) is 15.7. The minimum Gasteiger partial charge on any atom is -0.780 e. The van der Waals surface area contributed by atoms with E-state index in [1.54, 1.807) is 0 Å². The third-order valence-corrected chi connectivity index (χ3v) is 11.3. The number of fused-ring (bicyclic) bond motifs is 8. The molecule has 46 heavy (non-hydrogen) atoms. The number of rotatable bonds is 3. The normalized spacial score (nSPS) is 20.5. The largest absolute Gasteiger partial charge is 2.00 e. The molecule has 3 aliphatic rings. The van der Waals surface area contributed by atoms with Crippen LogP contribution in [0.5, 0.6) is 0 Å². The van der Waals surface area contributed by atoms with E-state index >= 15 is 0 Å². The summed E-state index contributed by atoms with van der Waals surface area (Å²) in [6, 6.07) is 39.6. The zero-order valence-corrected chi connectivity index (χ0v) is 29.1. The van der Waals surface area contributed by atoms with Crippen LogP contribution >= 0.6 is 0 Å². The fourth-order valence-corrected chi connectivity index (χ4v) is 8.53. The number of aromatic nitrogens is 4. The third-order valence-electron chi connectivity index (χ3n) is 11.0. The van der Waals surface area contributed by atoms with Crippen LogP contribution in [0.2, 0.25) is 0 Å². The summed E-state index contributed by atoms with van der Waals surface area (Å²) in [6.45, 7) is 7.19. The van der Waals surface area contributed by atoms with Gasteiger partial charge in [-0.15, -0.1) is 0 Å². The number of hydrogen-bond acceptors (Lipinski definition) is 4. The van der Waals surface area contributed by atoms with Gasteiger partial charge in [-0.3, -0.25) is 9.97 Å². The van der Waals surface area contributed by atoms with Crippen LogP contribution < -0.4 is 5.10 Å². The SMILES string of the molecule is CC12CCC(c3c1n[n-]c3-c1cccc(C3(c4ccccn4)c4ccccc4-c4ccccc43)n1)C2(C)C.[Pt+2].[S-]c1ccccc1. The first kappa shape index (κ1) is 30.7. The van der Waals surface area contributed by atoms with Crippen LogP contribution in [-0.4, -0.2) is 15.1 Å². The fraction of sp³-hybridized carbons (Fsp3) is 0.225. The van der Waals surface area contributed by atoms with Gasteiger partial charge in [0.2, 0.25) is 0 Å². The molecule has 0 aliphatic heterocycles. The van der Waals surface area contributed by atoms with E-state index in [0.29, 0.717) is 5.92 Å². The van der Waals surface area contributed by atoms with Gasteiger partial charge in [-0.25, -0.2) is 0 Å². The number of hydrogen-bond donors (Lipinski definition) is 0. The van der Waals surface area contributed by atoms with E-state index in [2.05, 4.69) is 99.6 Å². The Morgan fingerprint density at radius 3 is 1.98 bits per heavy atom. The molecular formula is C40H34N4PtS. The molecule has 3 aliphatic carbocycles. The van der Waals surface area contributed by atoms with E-state index in [-0.39, 0.29) is 31.9 Å². The molecule has 1 saturated carbocycles. The van der Waals surface area contributed by atoms with Crippen LogP contribution in [0.25, 0.3) is 22.5 Å². The molecule has 0 N–H and O–H groups in total. The van der Waals surface area contributed by atoms with Gasteiger partial charge >= 0.3 is 21.1 Å². The summed E-state index contributed by atoms with van der Waals surface area (Å²) in [5.74, 6) is 0.468. The Morgan fingerprint density at radius 2 is 1.35 bits per heavy atom. The van der Waals surface area contributed by atoms with Crippen LogP contribution in [0.4, 0.5) is 0 Å². The Morgan fingerprint density at radius 1 is 0.717 bits per heavy atom. The Bertz CT molecular complexity index is 1990. The van der Waals surface area contributed by atoms with Gasteiger partial charge in [0, 0.05) is 17.3 Å². The van der Waals surface area contributed by atoms with Gasteiger partial charge in [0.25, 0.3) is 0 Å². The van der Waals surface area contributed by atoms with Crippen molar-refractivity contribution in [3.63, 3.8) is 0 Å². The van der Waals surface area contributed by atoms with Crippen molar-refractivity contribution in [1.82, 2.24) is 20.2 Å². The second-order valence-corrected chi connectivity index (χ2v) is 13.7. The maximum atomic E-state index is 5.43. The second-order valence-electron chi connectivity index (χ2n) is 13.2. The molecule has 2 unspecified atom stereocenters. The summed E-state index contributed by atoms with van der Waals surface area (Å²) in [5.41, 5.74) is 10.9. The van der Waals surface area contributed by atoms with Crippen LogP contribution in [-0.2, 0) is 44.5 Å². The van der Waals surface area contributed by atoms with Gasteiger partial charge in [-0.1, -0.05) is 117 Å². The van der Waals surface area contributed by atoms with Gasteiger partial charge < -0.3 is 22.8 Å². The average Bonchev–Trinajstić information content (AvgIpc) is 3.76. The smallest absolute Gasteiger partial charge is 0.780 e. The topological polar surface area (TPSA) is 52.8 Å². The van der Waals surface area contributed by atoms with E-state index in [4.69, 9.17) is 32.8 Å². The zero-order valence-electron chi connectivity index (χ0n) is 26.1. The van der Waals surface area contributed by atoms with Crippen molar-refractivity contribution in [2.45, 2.75) is 55.3 Å². The maximum Gasteiger partial charge on any atom is 2.00 e. The van der Waals surface area contributed by atoms with Crippen molar-refractivity contribution in [2.75, 3.05) is 0 Å². The number of pyridine rings is 2. The van der Waals surface area contributed by atoms with Crippen molar-refractivity contribution >= 4 is 12.6 Å². The van der Waals surface area contributed by atoms with Crippen molar-refractivity contribution in [1.29, 1.82) is 0 Å². The van der Waals surface area contributed by atoms with Gasteiger partial charge in [-0.05, 0) is 76.3 Å². The molecule has 3 aromatic heterocycles. The van der Waals surface area contributed by atoms with E-state index < -0.39 is 5.41 Å². The molecule has 6 aromatic rings. The molecule has 3 aromatic carbocycles. The van der Waals surface area contributed by atoms with E-state index in [0.717, 1.165) is 27.7 Å². The second kappa shape index (κ2) is 11.4. The average molecular weight is 798 g/mol. The molecule has 9 rings (SSSR count). The summed E-state index contributed by atoms with van der Waals surface area (Å²) in [7, 11) is 0. The van der Waals surface area contributed by atoms with Gasteiger partial charge in [-0.2, -0.15) is 4.90 Å². The first-order chi connectivity index (χ1) is 21.9. The molecule has 0 saturated heterocycles. The van der Waals surface area contributed by atoms with E-state index in [1.807, 2.05) is 42.6 Å². The molecule has 0 radical (unpaired) electrons. The van der Waals surface area contributed by atoms with Crippen molar-refractivity contribution in [3.05, 3.63) is 155 Å².